The van der Waals surface area contributed by atoms with Gasteiger partial charge in [0.25, 0.3) is 0 Å². The van der Waals surface area contributed by atoms with E-state index in [1.807, 2.05) is 29.6 Å². The molecule has 0 saturated heterocycles. The minimum atomic E-state index is -0.120. The van der Waals surface area contributed by atoms with Gasteiger partial charge < -0.3 is 15.1 Å². The van der Waals surface area contributed by atoms with Gasteiger partial charge in [0.1, 0.15) is 5.58 Å². The molecule has 0 unspecified atom stereocenters. The van der Waals surface area contributed by atoms with Crippen LogP contribution in [-0.2, 0) is 28.9 Å². The maximum Gasteiger partial charge on any atom is 0.230 e. The summed E-state index contributed by atoms with van der Waals surface area (Å²) >= 11 is 1.38. The van der Waals surface area contributed by atoms with Crippen molar-refractivity contribution in [2.75, 3.05) is 10.6 Å². The number of fused-ring (bicyclic) bond motifs is 2. The number of carbonyl (C=O) groups excluding carboxylic acids is 2. The van der Waals surface area contributed by atoms with Crippen molar-refractivity contribution in [3.63, 3.8) is 0 Å². The number of anilines is 2. The summed E-state index contributed by atoms with van der Waals surface area (Å²) in [6.07, 6.45) is 5.30. The monoisotopic (exact) mass is 431 g/mol. The molecular formula is C24H21N3O3S. The Morgan fingerprint density at radius 2 is 1.87 bits per heavy atom. The molecule has 2 heterocycles. The van der Waals surface area contributed by atoms with Crippen molar-refractivity contribution < 1.29 is 14.0 Å². The number of nitrogens with one attached hydrogen (secondary N) is 2. The standard InChI is InChI=1S/C24H21N3O3S/c1-14(28)25-19-7-5-15(6-8-19)21-13-31-24(26-21)27-23(29)11-18-12-30-22-10-17-4-2-3-16(17)9-20(18)22/h5-10,12-13H,2-4,11H2,1H3,(H,25,28)(H,26,27,29). The van der Waals surface area contributed by atoms with Gasteiger partial charge in [-0.3, -0.25) is 9.59 Å². The van der Waals surface area contributed by atoms with Crippen LogP contribution in [0.25, 0.3) is 22.2 Å². The molecule has 0 spiro atoms. The molecule has 0 atom stereocenters. The molecule has 2 aromatic heterocycles. The van der Waals surface area contributed by atoms with Crippen molar-refractivity contribution in [1.82, 2.24) is 4.98 Å². The Bertz CT molecular complexity index is 1290. The Labute approximate surface area is 183 Å². The summed E-state index contributed by atoms with van der Waals surface area (Å²) < 4.78 is 5.70. The zero-order chi connectivity index (χ0) is 21.4. The van der Waals surface area contributed by atoms with Crippen LogP contribution in [0, 0.1) is 0 Å². The van der Waals surface area contributed by atoms with E-state index in [0.717, 1.165) is 46.3 Å². The number of carbonyl (C=O) groups is 2. The zero-order valence-electron chi connectivity index (χ0n) is 17.0. The van der Waals surface area contributed by atoms with E-state index in [1.54, 1.807) is 6.26 Å². The van der Waals surface area contributed by atoms with Crippen molar-refractivity contribution in [2.24, 2.45) is 0 Å². The fraction of sp³-hybridized carbons (Fsp3) is 0.208. The molecule has 4 aromatic rings. The van der Waals surface area contributed by atoms with Crippen LogP contribution >= 0.6 is 11.3 Å². The Kier molecular flexibility index (Phi) is 5.03. The van der Waals surface area contributed by atoms with Gasteiger partial charge in [-0.05, 0) is 54.7 Å². The SMILES string of the molecule is CC(=O)Nc1ccc(-c2csc(NC(=O)Cc3coc4cc5c(cc34)CCC5)n2)cc1. The number of benzene rings is 2. The summed E-state index contributed by atoms with van der Waals surface area (Å²) in [5, 5.41) is 9.12. The number of amides is 2. The van der Waals surface area contributed by atoms with Crippen LogP contribution in [-0.4, -0.2) is 16.8 Å². The van der Waals surface area contributed by atoms with Crippen LogP contribution in [0.2, 0.25) is 0 Å². The molecular weight excluding hydrogens is 410 g/mol. The number of aryl methyl sites for hydroxylation is 2. The van der Waals surface area contributed by atoms with Crippen molar-refractivity contribution in [2.45, 2.75) is 32.6 Å². The second-order valence-corrected chi connectivity index (χ2v) is 8.61. The van der Waals surface area contributed by atoms with Gasteiger partial charge in [0, 0.05) is 34.5 Å². The highest BCUT2D eigenvalue weighted by Gasteiger charge is 2.17. The van der Waals surface area contributed by atoms with E-state index in [0.29, 0.717) is 5.13 Å². The van der Waals surface area contributed by atoms with Gasteiger partial charge in [-0.1, -0.05) is 12.1 Å². The van der Waals surface area contributed by atoms with Crippen LogP contribution in [0.1, 0.15) is 30.0 Å². The minimum Gasteiger partial charge on any atom is -0.464 e. The molecule has 0 bridgehead atoms. The topological polar surface area (TPSA) is 84.2 Å². The fourth-order valence-electron chi connectivity index (χ4n) is 4.01. The molecule has 31 heavy (non-hydrogen) atoms. The van der Waals surface area contributed by atoms with Crippen LogP contribution in [0.4, 0.5) is 10.8 Å². The summed E-state index contributed by atoms with van der Waals surface area (Å²) in [5.41, 5.74) is 6.90. The van der Waals surface area contributed by atoms with Gasteiger partial charge in [0.05, 0.1) is 18.4 Å². The third kappa shape index (κ3) is 4.09. The smallest absolute Gasteiger partial charge is 0.230 e. The first-order valence-electron chi connectivity index (χ1n) is 10.2. The number of thiazole rings is 1. The van der Waals surface area contributed by atoms with Gasteiger partial charge in [-0.25, -0.2) is 4.98 Å². The first-order valence-corrected chi connectivity index (χ1v) is 11.1. The van der Waals surface area contributed by atoms with E-state index in [-0.39, 0.29) is 18.2 Å². The molecule has 2 amide bonds. The predicted molar refractivity (Wildman–Crippen MR) is 122 cm³/mol. The number of hydrogen-bond donors (Lipinski definition) is 2. The molecule has 1 aliphatic rings. The molecule has 0 fully saturated rings. The molecule has 156 valence electrons. The Balaban J connectivity index is 1.27. The van der Waals surface area contributed by atoms with E-state index in [2.05, 4.69) is 27.8 Å². The molecule has 0 saturated carbocycles. The Morgan fingerprint density at radius 1 is 1.10 bits per heavy atom. The number of furan rings is 1. The summed E-state index contributed by atoms with van der Waals surface area (Å²) in [7, 11) is 0. The molecule has 0 radical (unpaired) electrons. The lowest BCUT2D eigenvalue weighted by Crippen LogP contribution is -2.14. The first-order chi connectivity index (χ1) is 15.0. The van der Waals surface area contributed by atoms with E-state index >= 15 is 0 Å². The lowest BCUT2D eigenvalue weighted by molar-refractivity contribution is -0.116. The van der Waals surface area contributed by atoms with E-state index in [1.165, 1.54) is 35.8 Å². The third-order valence-electron chi connectivity index (χ3n) is 5.47. The highest BCUT2D eigenvalue weighted by atomic mass is 32.1. The summed E-state index contributed by atoms with van der Waals surface area (Å²) in [6.45, 7) is 1.47. The Hall–Kier alpha value is -3.45. The van der Waals surface area contributed by atoms with Gasteiger partial charge in [0.2, 0.25) is 11.8 Å². The molecule has 6 nitrogen and oxygen atoms in total. The molecule has 2 N–H and O–H groups in total. The molecule has 5 rings (SSSR count). The molecule has 7 heteroatoms. The van der Waals surface area contributed by atoms with E-state index in [4.69, 9.17) is 4.42 Å². The van der Waals surface area contributed by atoms with Gasteiger partial charge in [-0.15, -0.1) is 11.3 Å². The quantitative estimate of drug-likeness (QED) is 0.456. The van der Waals surface area contributed by atoms with Gasteiger partial charge in [0.15, 0.2) is 5.13 Å². The average Bonchev–Trinajstić information content (AvgIpc) is 3.47. The number of rotatable bonds is 5. The van der Waals surface area contributed by atoms with Crippen molar-refractivity contribution in [1.29, 1.82) is 0 Å². The first kappa shape index (κ1) is 19.5. The molecule has 1 aliphatic carbocycles. The largest absolute Gasteiger partial charge is 0.464 e. The number of nitrogens with zero attached hydrogens (tertiary/aromatic N) is 1. The average molecular weight is 432 g/mol. The summed E-state index contributed by atoms with van der Waals surface area (Å²) in [4.78, 5) is 28.3. The van der Waals surface area contributed by atoms with Crippen LogP contribution in [0.5, 0.6) is 0 Å². The highest BCUT2D eigenvalue weighted by Crippen LogP contribution is 2.31. The van der Waals surface area contributed by atoms with Gasteiger partial charge >= 0.3 is 0 Å². The van der Waals surface area contributed by atoms with E-state index in [9.17, 15) is 9.59 Å². The lowest BCUT2D eigenvalue weighted by Gasteiger charge is -2.03. The second-order valence-electron chi connectivity index (χ2n) is 7.75. The lowest BCUT2D eigenvalue weighted by atomic mass is 10.0. The third-order valence-corrected chi connectivity index (χ3v) is 6.23. The summed E-state index contributed by atoms with van der Waals surface area (Å²) in [5.74, 6) is -0.230. The summed E-state index contributed by atoms with van der Waals surface area (Å²) in [6, 6.07) is 11.7. The van der Waals surface area contributed by atoms with Crippen molar-refractivity contribution >= 4 is 44.9 Å². The minimum absolute atomic E-state index is 0.110. The maximum atomic E-state index is 12.6. The molecule has 2 aromatic carbocycles. The van der Waals surface area contributed by atoms with E-state index < -0.39 is 0 Å². The van der Waals surface area contributed by atoms with Gasteiger partial charge in [-0.2, -0.15) is 0 Å². The number of aromatic nitrogens is 1. The van der Waals surface area contributed by atoms with Crippen molar-refractivity contribution in [3.8, 4) is 11.3 Å². The zero-order valence-corrected chi connectivity index (χ0v) is 17.8. The Morgan fingerprint density at radius 3 is 2.65 bits per heavy atom. The predicted octanol–water partition coefficient (Wildman–Crippen LogP) is 5.18. The second kappa shape index (κ2) is 8.00. The van der Waals surface area contributed by atoms with Crippen molar-refractivity contribution in [3.05, 3.63) is 64.7 Å². The highest BCUT2D eigenvalue weighted by molar-refractivity contribution is 7.14. The number of hydrogen-bond acceptors (Lipinski definition) is 5. The van der Waals surface area contributed by atoms with Crippen LogP contribution in [0.3, 0.4) is 0 Å². The van der Waals surface area contributed by atoms with Crippen LogP contribution < -0.4 is 10.6 Å². The van der Waals surface area contributed by atoms with Crippen LogP contribution in [0.15, 0.2) is 52.5 Å². The fourth-order valence-corrected chi connectivity index (χ4v) is 4.75. The maximum absolute atomic E-state index is 12.6. The molecule has 0 aliphatic heterocycles. The normalized spacial score (nSPS) is 12.7.